The molecule has 1 saturated heterocycles. The number of nitrogens with one attached hydrogen (secondary N) is 1. The zero-order valence-corrected chi connectivity index (χ0v) is 51.5. The molecule has 0 amide bonds. The minimum atomic E-state index is -2.68. The maximum absolute atomic E-state index is 13.4. The van der Waals surface area contributed by atoms with Crippen LogP contribution in [0.2, 0.25) is 0 Å². The Morgan fingerprint density at radius 2 is 0.827 bits per heavy atom. The number of H-pyrrole nitrogens is 1. The number of anilines is 3. The van der Waals surface area contributed by atoms with Crippen molar-refractivity contribution in [2.24, 2.45) is 0 Å². The number of aromatic amines is 1. The molecule has 0 saturated carbocycles. The number of rotatable bonds is 6. The number of nitrogen functional groups attached to an aromatic ring is 1. The van der Waals surface area contributed by atoms with Gasteiger partial charge in [0.2, 0.25) is 40.3 Å². The minimum Gasteiger partial charge on any atom is -0.473 e. The highest BCUT2D eigenvalue weighted by Gasteiger charge is 2.39. The predicted molar refractivity (Wildman–Crippen MR) is 343 cm³/mol. The van der Waals surface area contributed by atoms with Crippen molar-refractivity contribution in [1.29, 1.82) is 26.3 Å². The molecule has 0 radical (unpaired) electrons. The van der Waals surface area contributed by atoms with Crippen LogP contribution in [0.15, 0.2) is 126 Å². The topological polar surface area (TPSA) is 404 Å². The molecule has 98 heavy (non-hydrogen) atoms. The summed E-state index contributed by atoms with van der Waals surface area (Å²) >= 11 is 0. The first-order valence-corrected chi connectivity index (χ1v) is 29.5. The van der Waals surface area contributed by atoms with Crippen molar-refractivity contribution < 1.29 is 42.2 Å². The summed E-state index contributed by atoms with van der Waals surface area (Å²) in [4.78, 5) is 116. The van der Waals surface area contributed by atoms with Crippen molar-refractivity contribution in [3.05, 3.63) is 216 Å². The van der Waals surface area contributed by atoms with Gasteiger partial charge >= 0.3 is 0 Å². The lowest BCUT2D eigenvalue weighted by atomic mass is 10.1. The van der Waals surface area contributed by atoms with Gasteiger partial charge in [-0.05, 0) is 0 Å². The lowest BCUT2D eigenvalue weighted by Gasteiger charge is -2.32. The van der Waals surface area contributed by atoms with Crippen molar-refractivity contribution in [3.63, 3.8) is 0 Å². The maximum atomic E-state index is 13.4. The molecule has 6 aliphatic rings. The summed E-state index contributed by atoms with van der Waals surface area (Å²) in [5, 5.41) is 45.1. The normalized spacial score (nSPS) is 13.3. The van der Waals surface area contributed by atoms with E-state index in [0.29, 0.717) is 85.4 Å². The van der Waals surface area contributed by atoms with Gasteiger partial charge in [-0.2, -0.15) is 26.3 Å². The third kappa shape index (κ3) is 11.6. The molecule has 28 heteroatoms. The highest BCUT2D eigenvalue weighted by atomic mass is 19.3. The number of carbonyl (C=O) groups is 5. The van der Waals surface area contributed by atoms with Crippen LogP contribution in [-0.4, -0.2) is 132 Å². The van der Waals surface area contributed by atoms with Gasteiger partial charge < -0.3 is 30.0 Å². The van der Waals surface area contributed by atoms with Crippen LogP contribution >= 0.6 is 0 Å². The van der Waals surface area contributed by atoms with E-state index in [2.05, 4.69) is 49.8 Å². The van der Waals surface area contributed by atoms with Gasteiger partial charge in [0, 0.05) is 103 Å². The molecule has 0 spiro atoms. The Morgan fingerprint density at radius 1 is 0.459 bits per heavy atom. The number of piperidine rings is 1. The number of benzene rings is 5. The molecule has 476 valence electrons. The Kier molecular flexibility index (Phi) is 17.2. The average molecular weight is 1300 g/mol. The Bertz CT molecular complexity index is 5400. The molecule has 5 aromatic heterocycles. The summed E-state index contributed by atoms with van der Waals surface area (Å²) in [5.74, 6) is -2.87. The number of ketones is 5. The number of aromatic nitrogens is 10. The van der Waals surface area contributed by atoms with Crippen LogP contribution in [0, 0.1) is 56.7 Å². The van der Waals surface area contributed by atoms with E-state index in [9.17, 15) is 42.8 Å². The number of hydrogen-bond acceptors (Lipinski definition) is 25. The fraction of sp³-hybridized carbons (Fsp3) is 0.143. The van der Waals surface area contributed by atoms with Crippen LogP contribution in [-0.2, 0) is 4.74 Å². The van der Waals surface area contributed by atoms with Gasteiger partial charge in [0.15, 0.2) is 34.5 Å². The van der Waals surface area contributed by atoms with Crippen molar-refractivity contribution in [2.75, 3.05) is 63.0 Å². The van der Waals surface area contributed by atoms with Crippen LogP contribution in [0.5, 0.6) is 5.88 Å². The summed E-state index contributed by atoms with van der Waals surface area (Å²) in [7, 11) is 5.14. The molecular weight excluding hydrogens is 1260 g/mol. The Hall–Kier alpha value is -13.9. The van der Waals surface area contributed by atoms with Gasteiger partial charge in [0.1, 0.15) is 88.2 Å². The van der Waals surface area contributed by atoms with Crippen LogP contribution in [0.4, 0.5) is 26.2 Å². The number of ether oxygens (including phenoxy) is 2. The van der Waals surface area contributed by atoms with E-state index in [0.717, 1.165) is 11.1 Å². The largest absolute Gasteiger partial charge is 0.473 e. The van der Waals surface area contributed by atoms with E-state index < -0.39 is 11.5 Å². The number of halogens is 2. The van der Waals surface area contributed by atoms with E-state index in [-0.39, 0.29) is 136 Å². The average Bonchev–Trinajstić information content (AvgIpc) is 1.64. The van der Waals surface area contributed by atoms with Crippen LogP contribution < -0.4 is 25.8 Å². The molecule has 5 aromatic carbocycles. The zero-order chi connectivity index (χ0) is 69.3. The van der Waals surface area contributed by atoms with Crippen molar-refractivity contribution in [2.45, 2.75) is 18.8 Å². The molecule has 26 nitrogen and oxygen atoms in total. The number of carbonyl (C=O) groups excluding carboxylic acids is 5. The zero-order valence-electron chi connectivity index (χ0n) is 51.5. The number of methoxy groups -OCH3 is 1. The van der Waals surface area contributed by atoms with Crippen molar-refractivity contribution in [3.8, 4) is 92.5 Å². The first kappa shape index (κ1) is 64.2. The van der Waals surface area contributed by atoms with Crippen LogP contribution in [0.25, 0.3) is 56.3 Å². The van der Waals surface area contributed by atoms with Crippen LogP contribution in [0.1, 0.15) is 122 Å². The van der Waals surface area contributed by atoms with Gasteiger partial charge in [-0.25, -0.2) is 53.6 Å². The van der Waals surface area contributed by atoms with E-state index in [1.54, 1.807) is 134 Å². The lowest BCUT2D eigenvalue weighted by molar-refractivity contribution is -0.0221. The number of hydrogen-bond donors (Lipinski definition) is 2. The monoisotopic (exact) mass is 1300 g/mol. The van der Waals surface area contributed by atoms with Gasteiger partial charge in [-0.3, -0.25) is 28.8 Å². The highest BCUT2D eigenvalue weighted by Crippen LogP contribution is 2.41. The molecule has 3 N–H and O–H groups in total. The molecule has 6 heterocycles. The molecular formula is C70H44F2N18O8. The van der Waals surface area contributed by atoms with E-state index in [1.165, 1.54) is 0 Å². The van der Waals surface area contributed by atoms with Crippen LogP contribution in [0.3, 0.4) is 0 Å². The van der Waals surface area contributed by atoms with Gasteiger partial charge in [0.25, 0.3) is 17.4 Å². The molecule has 0 bridgehead atoms. The minimum absolute atomic E-state index is 0.000113. The van der Waals surface area contributed by atoms with Gasteiger partial charge in [-0.15, -0.1) is 0 Å². The molecule has 16 rings (SSSR count). The summed E-state index contributed by atoms with van der Waals surface area (Å²) < 4.78 is 37.0. The Morgan fingerprint density at radius 3 is 1.28 bits per heavy atom. The number of alkyl halides is 2. The van der Waals surface area contributed by atoms with Gasteiger partial charge in [-0.1, -0.05) is 121 Å². The summed E-state index contributed by atoms with van der Waals surface area (Å²) in [6.45, 7) is 0.836. The lowest BCUT2D eigenvalue weighted by Crippen LogP contribution is -2.40. The quantitative estimate of drug-likeness (QED) is 0.149. The second-order valence-electron chi connectivity index (χ2n) is 22.1. The number of nitrogens with zero attached hydrogens (tertiary/aromatic N) is 16. The highest BCUT2D eigenvalue weighted by molar-refractivity contribution is 6.23. The van der Waals surface area contributed by atoms with E-state index >= 15 is 0 Å². The maximum Gasteiger partial charge on any atom is 0.285 e. The Labute approximate surface area is 553 Å². The third-order valence-corrected chi connectivity index (χ3v) is 16.0. The number of fused-ring (bicyclic) bond motifs is 15. The molecule has 1 fully saturated rings. The summed E-state index contributed by atoms with van der Waals surface area (Å²) in [6, 6.07) is 44.7. The molecule has 10 aromatic rings. The van der Waals surface area contributed by atoms with Gasteiger partial charge in [0.05, 0.1) is 12.3 Å². The van der Waals surface area contributed by atoms with E-state index in [4.69, 9.17) is 36.3 Å². The first-order chi connectivity index (χ1) is 47.3. The third-order valence-electron chi connectivity index (χ3n) is 16.0. The van der Waals surface area contributed by atoms with Crippen molar-refractivity contribution in [1.82, 2.24) is 49.8 Å². The second kappa shape index (κ2) is 26.3. The Balaban J connectivity index is 0.000000117. The number of nitriles is 5. The standard InChI is InChI=1S/C17H12F2N4O.C15H11N3O3.C14H10N4O.C12H6N4O.C12H5N3O2/c18-17(19)5-7-23(8-6-17)16-12(9-20)21-14-13(22-16)10-3-1-2-4-11(10)15(14)24;1-20-6-7-21-15-11(8-16)17-13-12(18-15)9-4-2-3-5-10(9)14(13)19;1-18(2)14-10(7-15)16-12-11(17-14)8-5-3-4-6-9(8)13(12)19;13-5-8-12(14)16-9-6-3-1-2-4-7(6)11(17)10(9)15-8;13-5-8-12(17)15-9-6-3-1-2-4-7(6)11(16)10(9)14-8/h1-4H,5-8H2;2-5H,6-7H2,1H3;3-6H,1-2H3;1-4H,(H2,14,16);1-4H,(H,15,17). The molecule has 0 unspecified atom stereocenters. The van der Waals surface area contributed by atoms with E-state index in [1.807, 2.05) is 48.5 Å². The second-order valence-corrected chi connectivity index (χ2v) is 22.1. The fourth-order valence-electron chi connectivity index (χ4n) is 11.3. The fourth-order valence-corrected chi connectivity index (χ4v) is 11.3. The first-order valence-electron chi connectivity index (χ1n) is 29.5. The van der Waals surface area contributed by atoms with Crippen molar-refractivity contribution >= 4 is 46.4 Å². The molecule has 0 atom stereocenters. The molecule has 1 aliphatic heterocycles. The smallest absolute Gasteiger partial charge is 0.285 e. The summed E-state index contributed by atoms with van der Waals surface area (Å²) in [6.07, 6.45) is -0.571. The SMILES string of the molecule is CN(C)c1nc2c(nc1C#N)C(=O)c1ccccc1-2.COCCOc1nc2c(nc1C#N)C(=O)c1ccccc1-2.N#Cc1nc2c([nH]c1=O)-c1ccccc1C2=O.N#Cc1nc2c(nc1N)-c1ccccc1C2=O.N#Cc1nc2c(nc1N1CCC(F)(F)CC1)-c1ccccc1C2=O. The number of nitrogens with two attached hydrogens (primary N) is 1. The molecule has 5 aliphatic carbocycles. The summed E-state index contributed by atoms with van der Waals surface area (Å²) in [5.41, 5.74) is 14.4. The predicted octanol–water partition coefficient (Wildman–Crippen LogP) is 8.00.